The zero-order valence-corrected chi connectivity index (χ0v) is 18.6. The molecule has 0 spiro atoms. The lowest BCUT2D eigenvalue weighted by Gasteiger charge is -2.06. The molecule has 0 radical (unpaired) electrons. The van der Waals surface area contributed by atoms with Crippen LogP contribution in [-0.4, -0.2) is 39.9 Å². The number of aromatic amines is 3. The number of hydrogen-bond acceptors (Lipinski definition) is 5. The highest BCUT2D eigenvalue weighted by atomic mass is 16.1. The number of nitrogens with two attached hydrogens (primary N) is 1. The predicted octanol–water partition coefficient (Wildman–Crippen LogP) is 2.45. The van der Waals surface area contributed by atoms with Crippen molar-refractivity contribution in [3.63, 3.8) is 0 Å². The molecule has 0 atom stereocenters. The van der Waals surface area contributed by atoms with E-state index in [0.29, 0.717) is 27.9 Å². The molecule has 0 bridgehead atoms. The first-order chi connectivity index (χ1) is 17.5. The molecule has 7 rings (SSSR count). The van der Waals surface area contributed by atoms with Crippen LogP contribution in [-0.2, 0) is 0 Å². The van der Waals surface area contributed by atoms with Gasteiger partial charge in [0.25, 0.3) is 17.0 Å². The SMILES string of the molecule is NC(=O)c1cccc2c1[nH]c(=O)c1cccn12.O=c1[nH]c2c(-c3ncn[nH]3)cccc2n2cccc12. The molecule has 0 saturated carbocycles. The van der Waals surface area contributed by atoms with Gasteiger partial charge in [0.1, 0.15) is 17.4 Å². The third kappa shape index (κ3) is 3.26. The van der Waals surface area contributed by atoms with E-state index in [0.717, 1.165) is 22.1 Å². The maximum atomic E-state index is 12.1. The largest absolute Gasteiger partial charge is 0.366 e. The van der Waals surface area contributed by atoms with Crippen LogP contribution in [0.5, 0.6) is 0 Å². The maximum Gasteiger partial charge on any atom is 0.272 e. The normalized spacial score (nSPS) is 11.2. The van der Waals surface area contributed by atoms with E-state index in [1.807, 2.05) is 40.9 Å². The number of hydrogen-bond donors (Lipinski definition) is 4. The number of carbonyl (C=O) groups is 1. The average molecular weight is 478 g/mol. The highest BCUT2D eigenvalue weighted by Gasteiger charge is 2.12. The number of nitrogens with one attached hydrogen (secondary N) is 3. The summed E-state index contributed by atoms with van der Waals surface area (Å²) in [4.78, 5) is 44.9. The summed E-state index contributed by atoms with van der Waals surface area (Å²) >= 11 is 0. The van der Waals surface area contributed by atoms with Crippen LogP contribution in [0.4, 0.5) is 0 Å². The summed E-state index contributed by atoms with van der Waals surface area (Å²) in [7, 11) is 0. The van der Waals surface area contributed by atoms with E-state index in [2.05, 4.69) is 25.1 Å². The van der Waals surface area contributed by atoms with Gasteiger partial charge in [-0.05, 0) is 48.5 Å². The van der Waals surface area contributed by atoms with Crippen molar-refractivity contribution in [1.82, 2.24) is 34.0 Å². The number of amides is 1. The average Bonchev–Trinajstić information content (AvgIpc) is 3.66. The van der Waals surface area contributed by atoms with E-state index in [-0.39, 0.29) is 11.1 Å². The molecule has 11 heteroatoms. The van der Waals surface area contributed by atoms with Gasteiger partial charge in [-0.3, -0.25) is 19.5 Å². The van der Waals surface area contributed by atoms with Crippen LogP contribution < -0.4 is 16.9 Å². The Kier molecular flexibility index (Phi) is 4.75. The zero-order valence-electron chi connectivity index (χ0n) is 18.6. The molecule has 36 heavy (non-hydrogen) atoms. The lowest BCUT2D eigenvalue weighted by Crippen LogP contribution is -2.16. The van der Waals surface area contributed by atoms with Crippen molar-refractivity contribution < 1.29 is 4.79 Å². The first-order valence-electron chi connectivity index (χ1n) is 10.9. The predicted molar refractivity (Wildman–Crippen MR) is 135 cm³/mol. The van der Waals surface area contributed by atoms with Crippen molar-refractivity contribution in [3.05, 3.63) is 106 Å². The summed E-state index contributed by atoms with van der Waals surface area (Å²) in [5.41, 5.74) is 10.1. The van der Waals surface area contributed by atoms with Gasteiger partial charge in [0, 0.05) is 18.0 Å². The molecule has 5 heterocycles. The molecule has 0 unspecified atom stereocenters. The molecule has 0 saturated heterocycles. The summed E-state index contributed by atoms with van der Waals surface area (Å²) in [5, 5.41) is 6.66. The van der Waals surface area contributed by atoms with Crippen LogP contribution in [0.2, 0.25) is 0 Å². The minimum Gasteiger partial charge on any atom is -0.366 e. The second kappa shape index (κ2) is 8.09. The molecular formula is C25H18N8O3. The van der Waals surface area contributed by atoms with Crippen molar-refractivity contribution in [2.45, 2.75) is 0 Å². The third-order valence-corrected chi connectivity index (χ3v) is 5.98. The fraction of sp³-hybridized carbons (Fsp3) is 0. The van der Waals surface area contributed by atoms with Crippen LogP contribution in [0.1, 0.15) is 10.4 Å². The second-order valence-electron chi connectivity index (χ2n) is 8.03. The fourth-order valence-corrected chi connectivity index (χ4v) is 4.39. The molecule has 11 nitrogen and oxygen atoms in total. The van der Waals surface area contributed by atoms with Gasteiger partial charge in [-0.25, -0.2) is 4.98 Å². The number of H-pyrrole nitrogens is 3. The first kappa shape index (κ1) is 21.1. The van der Waals surface area contributed by atoms with Crippen molar-refractivity contribution in [3.8, 4) is 11.4 Å². The van der Waals surface area contributed by atoms with Gasteiger partial charge in [-0.1, -0.05) is 12.1 Å². The first-order valence-corrected chi connectivity index (χ1v) is 10.9. The molecular weight excluding hydrogens is 460 g/mol. The van der Waals surface area contributed by atoms with Crippen LogP contribution >= 0.6 is 0 Å². The number of para-hydroxylation sites is 2. The number of aromatic nitrogens is 7. The van der Waals surface area contributed by atoms with Gasteiger partial charge in [-0.15, -0.1) is 0 Å². The van der Waals surface area contributed by atoms with E-state index < -0.39 is 5.91 Å². The third-order valence-electron chi connectivity index (χ3n) is 5.98. The standard InChI is InChI=1S/C13H9N5O.C12H9N3O2/c19-13-10-5-2-6-18(10)9-4-1-3-8(11(9)16-13)12-14-7-15-17-12;13-11(16)7-3-1-4-8-10(7)14-12(17)9-5-2-6-15(8)9/h1-7H,(H,16,19)(H,14,15,17);1-6H,(H2,13,16)(H,14,17). The van der Waals surface area contributed by atoms with Crippen LogP contribution in [0, 0.1) is 0 Å². The van der Waals surface area contributed by atoms with E-state index in [9.17, 15) is 14.4 Å². The maximum absolute atomic E-state index is 12.1. The number of benzene rings is 2. The second-order valence-corrected chi connectivity index (χ2v) is 8.03. The molecule has 0 aliphatic heterocycles. The van der Waals surface area contributed by atoms with Crippen LogP contribution in [0.15, 0.2) is 89.0 Å². The molecule has 0 fully saturated rings. The monoisotopic (exact) mass is 478 g/mol. The van der Waals surface area contributed by atoms with E-state index in [1.54, 1.807) is 40.9 Å². The Morgan fingerprint density at radius 2 is 1.33 bits per heavy atom. The lowest BCUT2D eigenvalue weighted by molar-refractivity contribution is 0.100. The van der Waals surface area contributed by atoms with Gasteiger partial charge >= 0.3 is 0 Å². The van der Waals surface area contributed by atoms with Crippen molar-refractivity contribution in [2.24, 2.45) is 5.73 Å². The number of primary amides is 1. The topological polar surface area (TPSA) is 159 Å². The van der Waals surface area contributed by atoms with Gasteiger partial charge in [-0.2, -0.15) is 5.10 Å². The quantitative estimate of drug-likeness (QED) is 0.300. The summed E-state index contributed by atoms with van der Waals surface area (Å²) in [5.74, 6) is 0.0745. The molecule has 5 aromatic heterocycles. The van der Waals surface area contributed by atoms with Crippen molar-refractivity contribution in [2.75, 3.05) is 0 Å². The molecule has 0 aliphatic carbocycles. The van der Waals surface area contributed by atoms with Crippen molar-refractivity contribution >= 4 is 39.0 Å². The molecule has 5 N–H and O–H groups in total. The van der Waals surface area contributed by atoms with Crippen molar-refractivity contribution in [1.29, 1.82) is 0 Å². The Labute approximate surface area is 200 Å². The zero-order chi connectivity index (χ0) is 24.8. The summed E-state index contributed by atoms with van der Waals surface area (Å²) < 4.78 is 3.61. The Bertz CT molecular complexity index is 2030. The Balaban J connectivity index is 0.000000134. The number of nitrogens with zero attached hydrogens (tertiary/aromatic N) is 4. The van der Waals surface area contributed by atoms with Gasteiger partial charge in [0.15, 0.2) is 5.82 Å². The van der Waals surface area contributed by atoms with Gasteiger partial charge in [0.2, 0.25) is 0 Å². The number of carbonyl (C=O) groups excluding carboxylic acids is 1. The minimum atomic E-state index is -0.558. The molecule has 1 amide bonds. The highest BCUT2D eigenvalue weighted by Crippen LogP contribution is 2.23. The van der Waals surface area contributed by atoms with Crippen LogP contribution in [0.25, 0.3) is 44.5 Å². The lowest BCUT2D eigenvalue weighted by atomic mass is 10.1. The number of rotatable bonds is 2. The Morgan fingerprint density at radius 1 is 0.750 bits per heavy atom. The van der Waals surface area contributed by atoms with E-state index >= 15 is 0 Å². The molecule has 7 aromatic rings. The Hall–Kier alpha value is -5.45. The smallest absolute Gasteiger partial charge is 0.272 e. The Morgan fingerprint density at radius 3 is 1.94 bits per heavy atom. The summed E-state index contributed by atoms with van der Waals surface area (Å²) in [6, 6.07) is 18.1. The molecule has 0 aliphatic rings. The minimum absolute atomic E-state index is 0.121. The van der Waals surface area contributed by atoms with Gasteiger partial charge in [0.05, 0.1) is 27.6 Å². The molecule has 176 valence electrons. The summed E-state index contributed by atoms with van der Waals surface area (Å²) in [6.45, 7) is 0. The van der Waals surface area contributed by atoms with E-state index in [4.69, 9.17) is 5.73 Å². The number of fused-ring (bicyclic) bond motifs is 6. The van der Waals surface area contributed by atoms with Gasteiger partial charge < -0.3 is 24.5 Å². The fourth-order valence-electron chi connectivity index (χ4n) is 4.39. The molecule has 2 aromatic carbocycles. The van der Waals surface area contributed by atoms with Crippen LogP contribution in [0.3, 0.4) is 0 Å². The summed E-state index contributed by atoms with van der Waals surface area (Å²) in [6.07, 6.45) is 5.09. The van der Waals surface area contributed by atoms with E-state index in [1.165, 1.54) is 6.33 Å². The highest BCUT2D eigenvalue weighted by molar-refractivity contribution is 6.04.